The van der Waals surface area contributed by atoms with E-state index in [0.29, 0.717) is 16.1 Å². The summed E-state index contributed by atoms with van der Waals surface area (Å²) in [6, 6.07) is 3.86. The lowest BCUT2D eigenvalue weighted by atomic mass is 10.3. The van der Waals surface area contributed by atoms with Crippen LogP contribution in [0.5, 0.6) is 0 Å². The number of halogens is 3. The lowest BCUT2D eigenvalue weighted by Crippen LogP contribution is -2.16. The molecule has 1 N–H and O–H groups in total. The van der Waals surface area contributed by atoms with Gasteiger partial charge in [-0.15, -0.1) is 0 Å². The second-order valence-corrected chi connectivity index (χ2v) is 6.57. The number of rotatable bonds is 3. The lowest BCUT2D eigenvalue weighted by molar-refractivity contribution is 0.555. The maximum absolute atomic E-state index is 13.5. The smallest absolute Gasteiger partial charge is 0.263 e. The van der Waals surface area contributed by atoms with Gasteiger partial charge in [0.1, 0.15) is 22.3 Å². The molecule has 106 valence electrons. The molecule has 2 rings (SSSR count). The van der Waals surface area contributed by atoms with Crippen LogP contribution in [0.3, 0.4) is 0 Å². The number of aryl methyl sites for hydroxylation is 1. The molecule has 0 saturated heterocycles. The van der Waals surface area contributed by atoms with Crippen LogP contribution >= 0.6 is 15.9 Å². The first kappa shape index (κ1) is 14.9. The Bertz CT molecular complexity index is 766. The molecule has 0 amide bonds. The summed E-state index contributed by atoms with van der Waals surface area (Å²) in [5.74, 6) is -1.82. The Kier molecular flexibility index (Phi) is 4.05. The molecule has 1 aromatic carbocycles. The van der Waals surface area contributed by atoms with Crippen LogP contribution in [0.4, 0.5) is 14.6 Å². The van der Waals surface area contributed by atoms with E-state index in [9.17, 15) is 17.2 Å². The summed E-state index contributed by atoms with van der Waals surface area (Å²) in [5, 5.41) is 0. The minimum Gasteiger partial charge on any atom is -0.263 e. The van der Waals surface area contributed by atoms with E-state index in [4.69, 9.17) is 0 Å². The zero-order valence-electron chi connectivity index (χ0n) is 10.2. The van der Waals surface area contributed by atoms with Gasteiger partial charge < -0.3 is 0 Å². The molecule has 0 aliphatic heterocycles. The first-order valence-corrected chi connectivity index (χ1v) is 7.67. The molecule has 20 heavy (non-hydrogen) atoms. The molecule has 4 nitrogen and oxygen atoms in total. The molecule has 0 aliphatic rings. The standard InChI is InChI=1S/C12H9BrF2N2O2S/c1-7-4-8(13)6-16-12(7)17-20(18,19)11-5-9(14)2-3-10(11)15/h2-6H,1H3,(H,16,17). The average molecular weight is 363 g/mol. The molecular weight excluding hydrogens is 354 g/mol. The number of hydrogen-bond acceptors (Lipinski definition) is 3. The number of anilines is 1. The van der Waals surface area contributed by atoms with E-state index in [0.717, 1.165) is 12.1 Å². The van der Waals surface area contributed by atoms with E-state index in [-0.39, 0.29) is 5.82 Å². The zero-order valence-corrected chi connectivity index (χ0v) is 12.6. The Morgan fingerprint density at radius 3 is 2.60 bits per heavy atom. The van der Waals surface area contributed by atoms with Crippen LogP contribution < -0.4 is 4.72 Å². The predicted molar refractivity (Wildman–Crippen MR) is 73.8 cm³/mol. The van der Waals surface area contributed by atoms with Gasteiger partial charge in [-0.25, -0.2) is 22.2 Å². The number of hydrogen-bond donors (Lipinski definition) is 1. The van der Waals surface area contributed by atoms with Crippen molar-refractivity contribution >= 4 is 31.8 Å². The molecule has 0 fully saturated rings. The number of benzene rings is 1. The Labute approximate surface area is 123 Å². The summed E-state index contributed by atoms with van der Waals surface area (Å²) in [6.45, 7) is 1.64. The monoisotopic (exact) mass is 362 g/mol. The second-order valence-electron chi connectivity index (χ2n) is 4.00. The highest BCUT2D eigenvalue weighted by molar-refractivity contribution is 9.10. The average Bonchev–Trinajstić information content (AvgIpc) is 2.35. The SMILES string of the molecule is Cc1cc(Br)cnc1NS(=O)(=O)c1cc(F)ccc1F. The number of nitrogens with zero attached hydrogens (tertiary/aromatic N) is 1. The Morgan fingerprint density at radius 1 is 1.25 bits per heavy atom. The van der Waals surface area contributed by atoms with Crippen molar-refractivity contribution in [2.45, 2.75) is 11.8 Å². The van der Waals surface area contributed by atoms with Crippen molar-refractivity contribution < 1.29 is 17.2 Å². The van der Waals surface area contributed by atoms with Crippen molar-refractivity contribution in [3.05, 3.63) is 52.1 Å². The molecule has 8 heteroatoms. The second kappa shape index (κ2) is 5.45. The van der Waals surface area contributed by atoms with E-state index >= 15 is 0 Å². The van der Waals surface area contributed by atoms with Gasteiger partial charge in [0.25, 0.3) is 10.0 Å². The van der Waals surface area contributed by atoms with Crippen molar-refractivity contribution in [1.82, 2.24) is 4.98 Å². The first-order chi connectivity index (χ1) is 9.29. The van der Waals surface area contributed by atoms with Gasteiger partial charge in [0.2, 0.25) is 0 Å². The predicted octanol–water partition coefficient (Wildman–Crippen LogP) is 3.23. The van der Waals surface area contributed by atoms with Gasteiger partial charge in [0.15, 0.2) is 0 Å². The van der Waals surface area contributed by atoms with Crippen molar-refractivity contribution in [3.8, 4) is 0 Å². The fraction of sp³-hybridized carbons (Fsp3) is 0.0833. The van der Waals surface area contributed by atoms with Gasteiger partial charge in [0, 0.05) is 10.7 Å². The summed E-state index contributed by atoms with van der Waals surface area (Å²) < 4.78 is 53.5. The fourth-order valence-corrected chi connectivity index (χ4v) is 3.13. The van der Waals surface area contributed by atoms with Crippen LogP contribution in [0.25, 0.3) is 0 Å². The number of aromatic nitrogens is 1. The van der Waals surface area contributed by atoms with E-state index in [2.05, 4.69) is 25.6 Å². The van der Waals surface area contributed by atoms with Crippen LogP contribution in [-0.2, 0) is 10.0 Å². The molecule has 0 bridgehead atoms. The van der Waals surface area contributed by atoms with Crippen LogP contribution in [0.1, 0.15) is 5.56 Å². The van der Waals surface area contributed by atoms with Crippen LogP contribution in [0.2, 0.25) is 0 Å². The van der Waals surface area contributed by atoms with Gasteiger partial charge in [0.05, 0.1) is 0 Å². The van der Waals surface area contributed by atoms with Crippen molar-refractivity contribution in [3.63, 3.8) is 0 Å². The van der Waals surface area contributed by atoms with Crippen molar-refractivity contribution in [2.75, 3.05) is 4.72 Å². The van der Waals surface area contributed by atoms with Gasteiger partial charge in [-0.05, 0) is 52.7 Å². The summed E-state index contributed by atoms with van der Waals surface area (Å²) >= 11 is 3.19. The maximum atomic E-state index is 13.5. The fourth-order valence-electron chi connectivity index (χ4n) is 1.51. The molecule has 0 atom stereocenters. The highest BCUT2D eigenvalue weighted by atomic mass is 79.9. The first-order valence-electron chi connectivity index (χ1n) is 5.39. The normalized spacial score (nSPS) is 11.4. The van der Waals surface area contributed by atoms with Gasteiger partial charge >= 0.3 is 0 Å². The molecule has 0 spiro atoms. The van der Waals surface area contributed by atoms with E-state index in [1.54, 1.807) is 13.0 Å². The number of pyridine rings is 1. The van der Waals surface area contributed by atoms with Crippen molar-refractivity contribution in [2.24, 2.45) is 0 Å². The zero-order chi connectivity index (χ0) is 14.9. The van der Waals surface area contributed by atoms with Gasteiger partial charge in [-0.2, -0.15) is 0 Å². The minimum absolute atomic E-state index is 0.0526. The molecule has 0 aliphatic carbocycles. The molecule has 2 aromatic rings. The van der Waals surface area contributed by atoms with E-state index in [1.807, 2.05) is 0 Å². The van der Waals surface area contributed by atoms with Crippen molar-refractivity contribution in [1.29, 1.82) is 0 Å². The number of sulfonamides is 1. The Morgan fingerprint density at radius 2 is 1.95 bits per heavy atom. The third kappa shape index (κ3) is 3.13. The van der Waals surface area contributed by atoms with E-state index in [1.165, 1.54) is 6.20 Å². The minimum atomic E-state index is -4.24. The molecule has 1 aromatic heterocycles. The van der Waals surface area contributed by atoms with Crippen LogP contribution in [0, 0.1) is 18.6 Å². The Balaban J connectivity index is 2.43. The highest BCUT2D eigenvalue weighted by Crippen LogP contribution is 2.22. The third-order valence-corrected chi connectivity index (χ3v) is 4.25. The summed E-state index contributed by atoms with van der Waals surface area (Å²) in [4.78, 5) is 3.12. The van der Waals surface area contributed by atoms with Crippen LogP contribution in [-0.4, -0.2) is 13.4 Å². The van der Waals surface area contributed by atoms with Crippen LogP contribution in [0.15, 0.2) is 39.8 Å². The van der Waals surface area contributed by atoms with Gasteiger partial charge in [-0.1, -0.05) is 0 Å². The molecule has 1 heterocycles. The maximum Gasteiger partial charge on any atom is 0.266 e. The van der Waals surface area contributed by atoms with E-state index < -0.39 is 26.6 Å². The quantitative estimate of drug-likeness (QED) is 0.911. The molecule has 0 saturated carbocycles. The topological polar surface area (TPSA) is 59.1 Å². The molecule has 0 radical (unpaired) electrons. The Hall–Kier alpha value is -1.54. The highest BCUT2D eigenvalue weighted by Gasteiger charge is 2.21. The van der Waals surface area contributed by atoms with Gasteiger partial charge in [-0.3, -0.25) is 4.72 Å². The summed E-state index contributed by atoms with van der Waals surface area (Å²) in [5.41, 5.74) is 0.541. The molecular formula is C12H9BrF2N2O2S. The summed E-state index contributed by atoms with van der Waals surface area (Å²) in [7, 11) is -4.24. The number of nitrogens with one attached hydrogen (secondary N) is 1. The third-order valence-electron chi connectivity index (χ3n) is 2.46. The lowest BCUT2D eigenvalue weighted by Gasteiger charge is -2.10. The largest absolute Gasteiger partial charge is 0.266 e. The molecule has 0 unspecified atom stereocenters. The summed E-state index contributed by atoms with van der Waals surface area (Å²) in [6.07, 6.45) is 1.40.